The molecule has 2 aliphatic heterocycles. The van der Waals surface area contributed by atoms with Crippen molar-refractivity contribution in [1.29, 1.82) is 0 Å². The van der Waals surface area contributed by atoms with Crippen LogP contribution >= 0.6 is 0 Å². The first-order valence-corrected chi connectivity index (χ1v) is 14.6. The number of piperidine rings is 1. The van der Waals surface area contributed by atoms with Crippen molar-refractivity contribution in [2.24, 2.45) is 11.8 Å². The Labute approximate surface area is 239 Å². The van der Waals surface area contributed by atoms with Gasteiger partial charge in [-0.3, -0.25) is 9.59 Å². The molecule has 1 aromatic heterocycles. The number of carbonyl (C=O) groups excluding carboxylic acids is 2. The maximum absolute atomic E-state index is 13.8. The van der Waals surface area contributed by atoms with Crippen LogP contribution in [0.1, 0.15) is 66.6 Å². The summed E-state index contributed by atoms with van der Waals surface area (Å²) in [4.78, 5) is 40.0. The van der Waals surface area contributed by atoms with Crippen molar-refractivity contribution in [3.63, 3.8) is 0 Å². The van der Waals surface area contributed by atoms with Crippen LogP contribution in [0.4, 0.5) is 24.8 Å². The molecule has 1 N–H and O–H groups in total. The van der Waals surface area contributed by atoms with Crippen LogP contribution < -0.4 is 5.32 Å². The van der Waals surface area contributed by atoms with Crippen LogP contribution in [0, 0.1) is 11.8 Å². The lowest BCUT2D eigenvalue weighted by molar-refractivity contribution is -0.139. The molecule has 0 radical (unpaired) electrons. The SMILES string of the molecule is CN1CCC(N(C)C(=O)c2ccc(Nc3ncc(C(F)(F)F)c(C[C@@H]4CC[C@H](C(=O)N5CCCC5)C4)n3)cc2)CC1. The zero-order valence-electron chi connectivity index (χ0n) is 23.8. The number of alkyl halides is 3. The molecular weight excluding hydrogens is 533 g/mol. The van der Waals surface area contributed by atoms with E-state index >= 15 is 0 Å². The quantitative estimate of drug-likeness (QED) is 0.504. The van der Waals surface area contributed by atoms with Crippen molar-refractivity contribution in [3.8, 4) is 0 Å². The molecule has 1 aromatic carbocycles. The molecule has 2 amide bonds. The van der Waals surface area contributed by atoms with Crippen LogP contribution in [0.5, 0.6) is 0 Å². The Balaban J connectivity index is 1.24. The number of hydrogen-bond donors (Lipinski definition) is 1. The van der Waals surface area contributed by atoms with Gasteiger partial charge in [0.25, 0.3) is 5.91 Å². The summed E-state index contributed by atoms with van der Waals surface area (Å²) < 4.78 is 41.5. The Kier molecular flexibility index (Phi) is 8.82. The van der Waals surface area contributed by atoms with Gasteiger partial charge >= 0.3 is 6.18 Å². The number of benzene rings is 1. The highest BCUT2D eigenvalue weighted by Crippen LogP contribution is 2.38. The van der Waals surface area contributed by atoms with Crippen LogP contribution in [0.3, 0.4) is 0 Å². The predicted octanol–water partition coefficient (Wildman–Crippen LogP) is 4.99. The molecular formula is C30H39F3N6O2. The molecule has 3 fully saturated rings. The summed E-state index contributed by atoms with van der Waals surface area (Å²) in [5.74, 6) is -0.00476. The third kappa shape index (κ3) is 6.99. The zero-order chi connectivity index (χ0) is 29.1. The summed E-state index contributed by atoms with van der Waals surface area (Å²) in [6.45, 7) is 3.48. The van der Waals surface area contributed by atoms with E-state index < -0.39 is 11.7 Å². The minimum Gasteiger partial charge on any atom is -0.342 e. The lowest BCUT2D eigenvalue weighted by atomic mass is 9.97. The number of amides is 2. The van der Waals surface area contributed by atoms with Gasteiger partial charge in [-0.05, 0) is 102 Å². The summed E-state index contributed by atoms with van der Waals surface area (Å²) in [5.41, 5.74) is 0.229. The van der Waals surface area contributed by atoms with Crippen molar-refractivity contribution in [2.45, 2.75) is 63.6 Å². The number of nitrogens with one attached hydrogen (secondary N) is 1. The fourth-order valence-corrected chi connectivity index (χ4v) is 6.40. The van der Waals surface area contributed by atoms with Gasteiger partial charge in [0.05, 0.1) is 11.3 Å². The van der Waals surface area contributed by atoms with Gasteiger partial charge < -0.3 is 20.0 Å². The van der Waals surface area contributed by atoms with E-state index in [-0.39, 0.29) is 47.8 Å². The molecule has 41 heavy (non-hydrogen) atoms. The van der Waals surface area contributed by atoms with Crippen LogP contribution in [-0.4, -0.2) is 82.8 Å². The maximum Gasteiger partial charge on any atom is 0.419 e. The summed E-state index contributed by atoms with van der Waals surface area (Å²) in [7, 11) is 3.91. The Morgan fingerprint density at radius 3 is 2.37 bits per heavy atom. The highest BCUT2D eigenvalue weighted by Gasteiger charge is 2.38. The number of aromatic nitrogens is 2. The van der Waals surface area contributed by atoms with Gasteiger partial charge in [0.15, 0.2) is 0 Å². The number of likely N-dealkylation sites (tertiary alicyclic amines) is 2. The van der Waals surface area contributed by atoms with Crippen LogP contribution in [0.15, 0.2) is 30.5 Å². The fraction of sp³-hybridized carbons (Fsp3) is 0.600. The molecule has 11 heteroatoms. The monoisotopic (exact) mass is 572 g/mol. The van der Waals surface area contributed by atoms with Crippen LogP contribution in [0.25, 0.3) is 0 Å². The summed E-state index contributed by atoms with van der Waals surface area (Å²) >= 11 is 0. The molecule has 5 rings (SSSR count). The minimum atomic E-state index is -4.57. The molecule has 222 valence electrons. The fourth-order valence-electron chi connectivity index (χ4n) is 6.40. The van der Waals surface area contributed by atoms with E-state index in [1.54, 1.807) is 29.2 Å². The van der Waals surface area contributed by atoms with E-state index in [1.165, 1.54) is 0 Å². The molecule has 3 aliphatic rings. The molecule has 1 aliphatic carbocycles. The Bertz CT molecular complexity index is 1220. The number of hydrogen-bond acceptors (Lipinski definition) is 6. The third-order valence-electron chi connectivity index (χ3n) is 8.91. The average Bonchev–Trinajstić information content (AvgIpc) is 3.65. The van der Waals surface area contributed by atoms with E-state index in [1.807, 2.05) is 11.9 Å². The first kappa shape index (κ1) is 29.3. The first-order valence-electron chi connectivity index (χ1n) is 14.6. The topological polar surface area (TPSA) is 81.7 Å². The number of anilines is 2. The van der Waals surface area contributed by atoms with Gasteiger partial charge in [-0.15, -0.1) is 0 Å². The summed E-state index contributed by atoms with van der Waals surface area (Å²) in [6, 6.07) is 7.03. The van der Waals surface area contributed by atoms with E-state index in [4.69, 9.17) is 0 Å². The van der Waals surface area contributed by atoms with Gasteiger partial charge in [-0.2, -0.15) is 13.2 Å². The summed E-state index contributed by atoms with van der Waals surface area (Å²) in [5, 5.41) is 2.99. The molecule has 2 atom stereocenters. The largest absolute Gasteiger partial charge is 0.419 e. The Morgan fingerprint density at radius 1 is 1.02 bits per heavy atom. The average molecular weight is 573 g/mol. The van der Waals surface area contributed by atoms with Gasteiger partial charge in [0.2, 0.25) is 11.9 Å². The van der Waals surface area contributed by atoms with Gasteiger partial charge in [-0.1, -0.05) is 0 Å². The van der Waals surface area contributed by atoms with Crippen LogP contribution in [0.2, 0.25) is 0 Å². The second kappa shape index (κ2) is 12.3. The Hall–Kier alpha value is -3.21. The predicted molar refractivity (Wildman–Crippen MR) is 150 cm³/mol. The third-order valence-corrected chi connectivity index (χ3v) is 8.91. The maximum atomic E-state index is 13.8. The number of rotatable bonds is 7. The van der Waals surface area contributed by atoms with Crippen molar-refractivity contribution in [2.75, 3.05) is 45.6 Å². The van der Waals surface area contributed by atoms with Crippen LogP contribution in [-0.2, 0) is 17.4 Å². The molecule has 0 bridgehead atoms. The lowest BCUT2D eigenvalue weighted by Gasteiger charge is -2.35. The van der Waals surface area contributed by atoms with Crippen molar-refractivity contribution in [3.05, 3.63) is 47.3 Å². The standard InChI is InChI=1S/C30H39F3N6O2/c1-37-15-11-24(12-16-37)38(2)27(40)21-7-9-23(10-8-21)35-29-34-19-25(30(31,32)33)26(36-29)18-20-5-6-22(17-20)28(41)39-13-3-4-14-39/h7-10,19-20,22,24H,3-6,11-18H2,1-2H3,(H,34,35,36)/t20-,22+/m1/s1. The van der Waals surface area contributed by atoms with Gasteiger partial charge in [0.1, 0.15) is 0 Å². The second-order valence-corrected chi connectivity index (χ2v) is 11.8. The van der Waals surface area contributed by atoms with E-state index in [0.29, 0.717) is 30.5 Å². The van der Waals surface area contributed by atoms with Crippen molar-refractivity contribution in [1.82, 2.24) is 24.7 Å². The second-order valence-electron chi connectivity index (χ2n) is 11.8. The zero-order valence-corrected chi connectivity index (χ0v) is 23.8. The van der Waals surface area contributed by atoms with Crippen molar-refractivity contribution >= 4 is 23.5 Å². The number of nitrogens with zero attached hydrogens (tertiary/aromatic N) is 5. The molecule has 0 unspecified atom stereocenters. The number of carbonyl (C=O) groups is 2. The molecule has 3 heterocycles. The Morgan fingerprint density at radius 2 is 1.71 bits per heavy atom. The first-order chi connectivity index (χ1) is 19.6. The smallest absolute Gasteiger partial charge is 0.342 e. The molecule has 8 nitrogen and oxygen atoms in total. The van der Waals surface area contributed by atoms with Gasteiger partial charge in [-0.25, -0.2) is 9.97 Å². The lowest BCUT2D eigenvalue weighted by Crippen LogP contribution is -2.44. The minimum absolute atomic E-state index is 0.0396. The molecule has 0 spiro atoms. The van der Waals surface area contributed by atoms with E-state index in [2.05, 4.69) is 27.2 Å². The molecule has 1 saturated carbocycles. The summed E-state index contributed by atoms with van der Waals surface area (Å²) in [6.07, 6.45) is 2.30. The number of halogens is 3. The van der Waals surface area contributed by atoms with Crippen molar-refractivity contribution < 1.29 is 22.8 Å². The highest BCUT2D eigenvalue weighted by molar-refractivity contribution is 5.94. The molecule has 2 aromatic rings. The highest BCUT2D eigenvalue weighted by atomic mass is 19.4. The van der Waals surface area contributed by atoms with Gasteiger partial charge in [0, 0.05) is 49.5 Å². The molecule has 2 saturated heterocycles. The van der Waals surface area contributed by atoms with E-state index in [0.717, 1.165) is 58.1 Å². The normalized spacial score (nSPS) is 22.2. The van der Waals surface area contributed by atoms with E-state index in [9.17, 15) is 22.8 Å².